The van der Waals surface area contributed by atoms with E-state index in [-0.39, 0.29) is 12.2 Å². The summed E-state index contributed by atoms with van der Waals surface area (Å²) >= 11 is 1.63. The molecular formula is C18H13F3O2S. The minimum Gasteiger partial charge on any atom is -0.462 e. The second-order valence-electron chi connectivity index (χ2n) is 5.22. The van der Waals surface area contributed by atoms with E-state index >= 15 is 0 Å². The summed E-state index contributed by atoms with van der Waals surface area (Å²) in [6.07, 6.45) is -3.85. The van der Waals surface area contributed by atoms with E-state index < -0.39 is 17.7 Å². The fraction of sp³-hybridized carbons (Fsp3) is 0.167. The molecule has 0 unspecified atom stereocenters. The highest BCUT2D eigenvalue weighted by Crippen LogP contribution is 2.29. The van der Waals surface area contributed by atoms with Crippen molar-refractivity contribution in [3.63, 3.8) is 0 Å². The second-order valence-corrected chi connectivity index (χ2v) is 6.13. The highest BCUT2D eigenvalue weighted by Gasteiger charge is 2.30. The third-order valence-electron chi connectivity index (χ3n) is 3.61. The van der Waals surface area contributed by atoms with E-state index in [1.165, 1.54) is 4.70 Å². The summed E-state index contributed by atoms with van der Waals surface area (Å²) in [5.74, 6) is -0.622. The third-order valence-corrected chi connectivity index (χ3v) is 4.63. The number of hydrogen-bond acceptors (Lipinski definition) is 3. The summed E-state index contributed by atoms with van der Waals surface area (Å²) in [5, 5.41) is 3.16. The lowest BCUT2D eigenvalue weighted by Crippen LogP contribution is -2.09. The van der Waals surface area contributed by atoms with Gasteiger partial charge >= 0.3 is 12.1 Å². The Hall–Kier alpha value is -2.34. The van der Waals surface area contributed by atoms with Crippen LogP contribution in [0.15, 0.2) is 53.9 Å². The van der Waals surface area contributed by atoms with Crippen LogP contribution >= 0.6 is 11.3 Å². The fourth-order valence-corrected chi connectivity index (χ4v) is 3.36. The maximum Gasteiger partial charge on any atom is 0.416 e. The molecule has 0 aliphatic carbocycles. The molecule has 124 valence electrons. The predicted octanol–water partition coefficient (Wildman–Crippen LogP) is 5.32. The molecule has 0 aliphatic rings. The van der Waals surface area contributed by atoms with Gasteiger partial charge in [0, 0.05) is 11.1 Å². The monoisotopic (exact) mass is 350 g/mol. The first-order valence-electron chi connectivity index (χ1n) is 7.24. The van der Waals surface area contributed by atoms with Gasteiger partial charge in [-0.3, -0.25) is 0 Å². The average Bonchev–Trinajstić information content (AvgIpc) is 2.97. The van der Waals surface area contributed by atoms with Gasteiger partial charge in [0.2, 0.25) is 0 Å². The topological polar surface area (TPSA) is 26.3 Å². The third kappa shape index (κ3) is 3.59. The first kappa shape index (κ1) is 16.5. The minimum atomic E-state index is -4.41. The minimum absolute atomic E-state index is 0.109. The van der Waals surface area contributed by atoms with Crippen molar-refractivity contribution in [3.05, 3.63) is 70.6 Å². The summed E-state index contributed by atoms with van der Waals surface area (Å²) in [7, 11) is 0. The number of esters is 1. The van der Waals surface area contributed by atoms with Gasteiger partial charge in [-0.2, -0.15) is 13.2 Å². The van der Waals surface area contributed by atoms with E-state index in [2.05, 4.69) is 0 Å². The number of thiophene rings is 1. The van der Waals surface area contributed by atoms with Crippen molar-refractivity contribution in [2.24, 2.45) is 0 Å². The Morgan fingerprint density at radius 3 is 2.46 bits per heavy atom. The molecule has 0 saturated heterocycles. The molecule has 1 aromatic heterocycles. The van der Waals surface area contributed by atoms with Crippen LogP contribution in [0.3, 0.4) is 0 Å². The Bertz CT molecular complexity index is 851. The van der Waals surface area contributed by atoms with Crippen LogP contribution in [0.25, 0.3) is 10.1 Å². The Morgan fingerprint density at radius 1 is 1.04 bits per heavy atom. The molecule has 0 fully saturated rings. The van der Waals surface area contributed by atoms with Crippen LogP contribution in [0.4, 0.5) is 13.2 Å². The van der Waals surface area contributed by atoms with Crippen LogP contribution in [0.5, 0.6) is 0 Å². The van der Waals surface area contributed by atoms with Gasteiger partial charge < -0.3 is 4.74 Å². The molecular weight excluding hydrogens is 337 g/mol. The van der Waals surface area contributed by atoms with Crippen molar-refractivity contribution in [2.45, 2.75) is 12.6 Å². The van der Waals surface area contributed by atoms with E-state index in [0.717, 1.165) is 35.2 Å². The first-order chi connectivity index (χ1) is 11.4. The number of halogens is 3. The Balaban J connectivity index is 1.59. The molecule has 3 rings (SSSR count). The quantitative estimate of drug-likeness (QED) is 0.595. The zero-order valence-electron chi connectivity index (χ0n) is 12.5. The number of rotatable bonds is 4. The van der Waals surface area contributed by atoms with Crippen molar-refractivity contribution in [1.29, 1.82) is 0 Å². The van der Waals surface area contributed by atoms with Gasteiger partial charge in [0.25, 0.3) is 0 Å². The number of fused-ring (bicyclic) bond motifs is 1. The molecule has 1 heterocycles. The molecule has 3 aromatic rings. The molecule has 0 bridgehead atoms. The van der Waals surface area contributed by atoms with Crippen molar-refractivity contribution in [2.75, 3.05) is 6.61 Å². The zero-order valence-corrected chi connectivity index (χ0v) is 13.3. The maximum absolute atomic E-state index is 12.5. The molecule has 0 spiro atoms. The van der Waals surface area contributed by atoms with Crippen LogP contribution in [0, 0.1) is 0 Å². The number of carbonyl (C=O) groups excluding carboxylic acids is 1. The largest absolute Gasteiger partial charge is 0.462 e. The van der Waals surface area contributed by atoms with Gasteiger partial charge in [-0.05, 0) is 46.7 Å². The summed E-state index contributed by atoms with van der Waals surface area (Å²) in [6, 6.07) is 12.0. The SMILES string of the molecule is O=C(OCCc1csc2ccccc12)c1ccc(C(F)(F)F)cc1. The highest BCUT2D eigenvalue weighted by molar-refractivity contribution is 7.17. The van der Waals surface area contributed by atoms with Gasteiger partial charge in [-0.15, -0.1) is 11.3 Å². The van der Waals surface area contributed by atoms with Crippen LogP contribution in [-0.2, 0) is 17.3 Å². The van der Waals surface area contributed by atoms with Crippen LogP contribution < -0.4 is 0 Å². The molecule has 0 radical (unpaired) electrons. The van der Waals surface area contributed by atoms with E-state index in [9.17, 15) is 18.0 Å². The van der Waals surface area contributed by atoms with Crippen molar-refractivity contribution in [3.8, 4) is 0 Å². The summed E-state index contributed by atoms with van der Waals surface area (Å²) in [4.78, 5) is 11.9. The fourth-order valence-electron chi connectivity index (χ4n) is 2.36. The van der Waals surface area contributed by atoms with Crippen LogP contribution in [-0.4, -0.2) is 12.6 Å². The molecule has 6 heteroatoms. The maximum atomic E-state index is 12.5. The molecule has 0 saturated carbocycles. The lowest BCUT2D eigenvalue weighted by atomic mass is 10.1. The van der Waals surface area contributed by atoms with Gasteiger partial charge in [0.15, 0.2) is 0 Å². The van der Waals surface area contributed by atoms with Crippen molar-refractivity contribution in [1.82, 2.24) is 0 Å². The van der Waals surface area contributed by atoms with Crippen LogP contribution in [0.1, 0.15) is 21.5 Å². The van der Waals surface area contributed by atoms with E-state index in [4.69, 9.17) is 4.74 Å². The molecule has 0 N–H and O–H groups in total. The lowest BCUT2D eigenvalue weighted by molar-refractivity contribution is -0.137. The van der Waals surface area contributed by atoms with E-state index in [1.807, 2.05) is 29.6 Å². The summed E-state index contributed by atoms with van der Waals surface area (Å²) in [5.41, 5.74) is 0.415. The van der Waals surface area contributed by atoms with Gasteiger partial charge in [-0.1, -0.05) is 18.2 Å². The van der Waals surface area contributed by atoms with Crippen molar-refractivity contribution >= 4 is 27.4 Å². The van der Waals surface area contributed by atoms with Crippen molar-refractivity contribution < 1.29 is 22.7 Å². The summed E-state index contributed by atoms with van der Waals surface area (Å²) in [6.45, 7) is 0.181. The molecule has 2 nitrogen and oxygen atoms in total. The predicted molar refractivity (Wildman–Crippen MR) is 87.3 cm³/mol. The lowest BCUT2D eigenvalue weighted by Gasteiger charge is -2.08. The Kier molecular flexibility index (Phi) is 4.57. The normalized spacial score (nSPS) is 11.6. The number of ether oxygens (including phenoxy) is 1. The standard InChI is InChI=1S/C18H13F3O2S/c19-18(20,21)14-7-5-12(6-8-14)17(22)23-10-9-13-11-24-16-4-2-1-3-15(13)16/h1-8,11H,9-10H2. The number of carbonyl (C=O) groups is 1. The molecule has 24 heavy (non-hydrogen) atoms. The molecule has 0 atom stereocenters. The van der Waals surface area contributed by atoms with Gasteiger partial charge in [0.1, 0.15) is 0 Å². The number of hydrogen-bond donors (Lipinski definition) is 0. The highest BCUT2D eigenvalue weighted by atomic mass is 32.1. The van der Waals surface area contributed by atoms with Gasteiger partial charge in [-0.25, -0.2) is 4.79 Å². The summed E-state index contributed by atoms with van der Waals surface area (Å²) < 4.78 is 43.8. The van der Waals surface area contributed by atoms with Gasteiger partial charge in [0.05, 0.1) is 17.7 Å². The number of benzene rings is 2. The van der Waals surface area contributed by atoms with E-state index in [0.29, 0.717) is 6.42 Å². The zero-order chi connectivity index (χ0) is 17.2. The number of alkyl halides is 3. The average molecular weight is 350 g/mol. The Labute approximate surface area is 140 Å². The van der Waals surface area contributed by atoms with E-state index in [1.54, 1.807) is 11.3 Å². The second kappa shape index (κ2) is 6.65. The Morgan fingerprint density at radius 2 is 1.75 bits per heavy atom. The molecule has 2 aromatic carbocycles. The van der Waals surface area contributed by atoms with Crippen LogP contribution in [0.2, 0.25) is 0 Å². The smallest absolute Gasteiger partial charge is 0.416 e. The first-order valence-corrected chi connectivity index (χ1v) is 8.12. The molecule has 0 aliphatic heterocycles. The molecule has 0 amide bonds.